The number of hydrogen-bond donors (Lipinski definition) is 1. The van der Waals surface area contributed by atoms with Gasteiger partial charge in [0, 0.05) is 24.2 Å². The number of carbonyl (C=O) groups excluding carboxylic acids is 1. The molecule has 0 fully saturated rings. The Morgan fingerprint density at radius 3 is 2.67 bits per heavy atom. The average Bonchev–Trinajstić information content (AvgIpc) is 3.36. The maximum atomic E-state index is 12.9. The molecule has 0 unspecified atom stereocenters. The van der Waals surface area contributed by atoms with Crippen LogP contribution in [0.3, 0.4) is 0 Å². The Morgan fingerprint density at radius 1 is 1.22 bits per heavy atom. The Labute approximate surface area is 158 Å². The zero-order valence-electron chi connectivity index (χ0n) is 13.8. The Kier molecular flexibility index (Phi) is 5.38. The minimum atomic E-state index is -3.78. The molecule has 0 aliphatic rings. The molecule has 0 spiro atoms. The molecule has 0 radical (unpaired) electrons. The smallest absolute Gasteiger partial charge is 0.270 e. The van der Waals surface area contributed by atoms with Gasteiger partial charge in [-0.1, -0.05) is 12.1 Å². The second kappa shape index (κ2) is 7.72. The van der Waals surface area contributed by atoms with Gasteiger partial charge >= 0.3 is 0 Å². The van der Waals surface area contributed by atoms with Gasteiger partial charge in [-0.2, -0.15) is 0 Å². The number of nitrogens with zero attached hydrogens (tertiary/aromatic N) is 1. The van der Waals surface area contributed by atoms with Crippen LogP contribution in [0.25, 0.3) is 0 Å². The Bertz CT molecular complexity index is 1040. The number of amides is 1. The quantitative estimate of drug-likeness (QED) is 0.475. The van der Waals surface area contributed by atoms with Gasteiger partial charge in [-0.05, 0) is 29.6 Å². The number of nitro benzene ring substituents is 1. The highest BCUT2D eigenvalue weighted by molar-refractivity contribution is 7.93. The highest BCUT2D eigenvalue weighted by atomic mass is 32.2. The lowest BCUT2D eigenvalue weighted by Crippen LogP contribution is -2.31. The van der Waals surface area contributed by atoms with Gasteiger partial charge in [0.25, 0.3) is 11.6 Å². The van der Waals surface area contributed by atoms with Crippen LogP contribution in [0.5, 0.6) is 0 Å². The molecule has 3 aromatic rings. The summed E-state index contributed by atoms with van der Waals surface area (Å²) < 4.78 is 31.2. The number of non-ortho nitro benzene ring substituents is 1. The number of sulfone groups is 1. The van der Waals surface area contributed by atoms with Crippen LogP contribution in [0.2, 0.25) is 0 Å². The summed E-state index contributed by atoms with van der Waals surface area (Å²) in [6, 6.07) is 11.4. The fourth-order valence-corrected chi connectivity index (χ4v) is 5.24. The standard InChI is InChI=1S/C17H14N2O6S2/c20-17(12-4-1-5-13(10-12)19(21)22)18-11-15(14-6-2-8-25-14)27(23,24)16-7-3-9-26-16/h1-10,15H,11H2,(H,18,20)/t15-/m1/s1. The highest BCUT2D eigenvalue weighted by Gasteiger charge is 2.32. The summed E-state index contributed by atoms with van der Waals surface area (Å²) in [5.41, 5.74) is -0.160. The van der Waals surface area contributed by atoms with Crippen LogP contribution >= 0.6 is 11.3 Å². The molecule has 0 saturated carbocycles. The van der Waals surface area contributed by atoms with E-state index in [2.05, 4.69) is 5.32 Å². The number of benzene rings is 1. The first-order chi connectivity index (χ1) is 12.9. The molecule has 10 heteroatoms. The lowest BCUT2D eigenvalue weighted by atomic mass is 10.2. The summed E-state index contributed by atoms with van der Waals surface area (Å²) in [6.45, 7) is -0.241. The summed E-state index contributed by atoms with van der Waals surface area (Å²) in [4.78, 5) is 22.6. The molecule has 0 saturated heterocycles. The van der Waals surface area contributed by atoms with E-state index < -0.39 is 25.9 Å². The van der Waals surface area contributed by atoms with Gasteiger partial charge in [0.1, 0.15) is 15.2 Å². The summed E-state index contributed by atoms with van der Waals surface area (Å²) in [5.74, 6) is -0.417. The van der Waals surface area contributed by atoms with E-state index in [-0.39, 0.29) is 27.8 Å². The van der Waals surface area contributed by atoms with Crippen molar-refractivity contribution in [3.05, 3.63) is 81.6 Å². The molecule has 1 N–H and O–H groups in total. The van der Waals surface area contributed by atoms with E-state index in [1.807, 2.05) is 0 Å². The molecule has 2 aromatic heterocycles. The number of rotatable bonds is 7. The van der Waals surface area contributed by atoms with Crippen LogP contribution in [0.15, 0.2) is 68.8 Å². The molecule has 0 aliphatic heterocycles. The summed E-state index contributed by atoms with van der Waals surface area (Å²) >= 11 is 1.07. The highest BCUT2D eigenvalue weighted by Crippen LogP contribution is 2.31. The maximum absolute atomic E-state index is 12.9. The van der Waals surface area contributed by atoms with Crippen LogP contribution in [0.1, 0.15) is 21.4 Å². The molecule has 140 valence electrons. The molecule has 0 bridgehead atoms. The summed E-state index contributed by atoms with van der Waals surface area (Å²) in [7, 11) is -3.78. The van der Waals surface area contributed by atoms with Crippen molar-refractivity contribution in [2.24, 2.45) is 0 Å². The zero-order chi connectivity index (χ0) is 19.4. The van der Waals surface area contributed by atoms with Gasteiger partial charge < -0.3 is 9.73 Å². The van der Waals surface area contributed by atoms with Crippen LogP contribution in [0.4, 0.5) is 5.69 Å². The Balaban J connectivity index is 1.83. The molecule has 27 heavy (non-hydrogen) atoms. The van der Waals surface area contributed by atoms with Crippen molar-refractivity contribution in [1.82, 2.24) is 5.32 Å². The van der Waals surface area contributed by atoms with E-state index in [1.54, 1.807) is 17.5 Å². The van der Waals surface area contributed by atoms with Crippen molar-refractivity contribution in [2.75, 3.05) is 6.54 Å². The molecular weight excluding hydrogens is 392 g/mol. The normalized spacial score (nSPS) is 12.4. The third kappa shape index (κ3) is 4.07. The maximum Gasteiger partial charge on any atom is 0.270 e. The van der Waals surface area contributed by atoms with E-state index in [4.69, 9.17) is 4.42 Å². The lowest BCUT2D eigenvalue weighted by Gasteiger charge is -2.15. The van der Waals surface area contributed by atoms with Crippen molar-refractivity contribution >= 4 is 32.8 Å². The second-order valence-electron chi connectivity index (χ2n) is 5.50. The van der Waals surface area contributed by atoms with Crippen molar-refractivity contribution in [2.45, 2.75) is 9.46 Å². The molecule has 2 heterocycles. The molecule has 1 atom stereocenters. The van der Waals surface area contributed by atoms with Crippen LogP contribution in [-0.4, -0.2) is 25.8 Å². The number of nitrogens with one attached hydrogen (secondary N) is 1. The first-order valence-corrected chi connectivity index (χ1v) is 10.2. The molecule has 8 nitrogen and oxygen atoms in total. The number of thiophene rings is 1. The molecule has 3 rings (SSSR count). The fraction of sp³-hybridized carbons (Fsp3) is 0.118. The van der Waals surface area contributed by atoms with Gasteiger partial charge in [-0.15, -0.1) is 11.3 Å². The Hall–Kier alpha value is -2.98. The van der Waals surface area contributed by atoms with Crippen LogP contribution in [-0.2, 0) is 9.84 Å². The second-order valence-corrected chi connectivity index (χ2v) is 8.80. The minimum absolute atomic E-state index is 0.0657. The van der Waals surface area contributed by atoms with Gasteiger partial charge in [-0.3, -0.25) is 14.9 Å². The third-order valence-electron chi connectivity index (χ3n) is 3.78. The topological polar surface area (TPSA) is 120 Å². The molecular formula is C17H14N2O6S2. The first-order valence-electron chi connectivity index (χ1n) is 7.73. The summed E-state index contributed by atoms with van der Waals surface area (Å²) in [6.07, 6.45) is 1.36. The number of hydrogen-bond acceptors (Lipinski definition) is 7. The van der Waals surface area contributed by atoms with Crippen molar-refractivity contribution in [3.63, 3.8) is 0 Å². The van der Waals surface area contributed by atoms with E-state index in [0.29, 0.717) is 0 Å². The van der Waals surface area contributed by atoms with Crippen molar-refractivity contribution < 1.29 is 22.6 Å². The largest absolute Gasteiger partial charge is 0.468 e. The van der Waals surface area contributed by atoms with Crippen LogP contribution in [0, 0.1) is 10.1 Å². The van der Waals surface area contributed by atoms with E-state index >= 15 is 0 Å². The van der Waals surface area contributed by atoms with Crippen molar-refractivity contribution in [3.8, 4) is 0 Å². The predicted molar refractivity (Wildman–Crippen MR) is 98.4 cm³/mol. The third-order valence-corrected chi connectivity index (χ3v) is 7.27. The first kappa shape index (κ1) is 18.8. The van der Waals surface area contributed by atoms with Gasteiger partial charge in [0.05, 0.1) is 11.2 Å². The fourth-order valence-electron chi connectivity index (χ4n) is 2.45. The SMILES string of the molecule is O=C(NC[C@H](c1ccco1)S(=O)(=O)c1cccs1)c1cccc([N+](=O)[O-])c1. The monoisotopic (exact) mass is 406 g/mol. The zero-order valence-corrected chi connectivity index (χ0v) is 15.4. The average molecular weight is 406 g/mol. The number of furan rings is 1. The molecule has 1 aromatic carbocycles. The van der Waals surface area contributed by atoms with Gasteiger partial charge in [0.2, 0.25) is 0 Å². The minimum Gasteiger partial charge on any atom is -0.468 e. The van der Waals surface area contributed by atoms with Gasteiger partial charge in [0.15, 0.2) is 9.84 Å². The van der Waals surface area contributed by atoms with E-state index in [9.17, 15) is 23.3 Å². The Morgan fingerprint density at radius 2 is 2.04 bits per heavy atom. The molecule has 0 aliphatic carbocycles. The predicted octanol–water partition coefficient (Wildman–Crippen LogP) is 3.19. The number of carbonyl (C=O) groups is 1. The van der Waals surface area contributed by atoms with Crippen LogP contribution < -0.4 is 5.32 Å². The van der Waals surface area contributed by atoms with E-state index in [1.165, 1.54) is 36.6 Å². The van der Waals surface area contributed by atoms with E-state index in [0.717, 1.165) is 17.4 Å². The van der Waals surface area contributed by atoms with Gasteiger partial charge in [-0.25, -0.2) is 8.42 Å². The van der Waals surface area contributed by atoms with Crippen molar-refractivity contribution in [1.29, 1.82) is 0 Å². The summed E-state index contributed by atoms with van der Waals surface area (Å²) in [5, 5.41) is 13.9. The number of nitro groups is 1. The lowest BCUT2D eigenvalue weighted by molar-refractivity contribution is -0.384. The molecule has 1 amide bonds.